The van der Waals surface area contributed by atoms with Gasteiger partial charge in [0, 0.05) is 30.7 Å². The Morgan fingerprint density at radius 1 is 1.39 bits per heavy atom. The second-order valence-corrected chi connectivity index (χ2v) is 4.68. The molecule has 0 saturated heterocycles. The quantitative estimate of drug-likeness (QED) is 0.597. The Labute approximate surface area is 110 Å². The lowest BCUT2D eigenvalue weighted by Crippen LogP contribution is -2.23. The van der Waals surface area contributed by atoms with Crippen molar-refractivity contribution in [3.05, 3.63) is 39.1 Å². The van der Waals surface area contributed by atoms with Gasteiger partial charge >= 0.3 is 0 Å². The largest absolute Gasteiger partial charge is 0.378 e. The Balaban J connectivity index is 2.94. The average Bonchev–Trinajstić information content (AvgIpc) is 2.36. The molecular formula is C12H12BClN2O2. The fourth-order valence-electron chi connectivity index (χ4n) is 1.89. The molecule has 6 heteroatoms. The average molecular weight is 263 g/mol. The normalized spacial score (nSPS) is 10.6. The first-order valence-electron chi connectivity index (χ1n) is 5.42. The zero-order valence-electron chi connectivity index (χ0n) is 10.4. The molecule has 0 fully saturated rings. The predicted molar refractivity (Wildman–Crippen MR) is 76.9 cm³/mol. The van der Waals surface area contributed by atoms with E-state index in [1.807, 2.05) is 37.2 Å². The molecule has 1 heterocycles. The van der Waals surface area contributed by atoms with Gasteiger partial charge in [-0.05, 0) is 18.2 Å². The molecule has 2 aromatic rings. The molecule has 0 spiro atoms. The molecule has 0 N–H and O–H groups in total. The number of fused-ring (bicyclic) bond motifs is 1. The van der Waals surface area contributed by atoms with Crippen LogP contribution in [0.5, 0.6) is 0 Å². The lowest BCUT2D eigenvalue weighted by molar-refractivity contribution is 0.112. The van der Waals surface area contributed by atoms with Crippen LogP contribution >= 0.6 is 11.6 Å². The molecule has 0 amide bonds. The maximum absolute atomic E-state index is 11.9. The topological polar surface area (TPSA) is 42.3 Å². The van der Waals surface area contributed by atoms with Crippen LogP contribution in [0.1, 0.15) is 10.4 Å². The van der Waals surface area contributed by atoms with Gasteiger partial charge in [0.05, 0.1) is 10.6 Å². The molecule has 4 nitrogen and oxygen atoms in total. The second-order valence-electron chi connectivity index (χ2n) is 4.31. The van der Waals surface area contributed by atoms with Crippen molar-refractivity contribution in [3.63, 3.8) is 0 Å². The van der Waals surface area contributed by atoms with Crippen molar-refractivity contribution in [2.75, 3.05) is 19.0 Å². The van der Waals surface area contributed by atoms with Crippen molar-refractivity contribution in [2.45, 2.75) is 0 Å². The van der Waals surface area contributed by atoms with E-state index in [0.717, 1.165) is 5.69 Å². The van der Waals surface area contributed by atoms with Crippen LogP contribution in [0.15, 0.2) is 23.0 Å². The highest BCUT2D eigenvalue weighted by Gasteiger charge is 2.13. The molecule has 1 aromatic carbocycles. The summed E-state index contributed by atoms with van der Waals surface area (Å²) in [5.41, 5.74) is 1.30. The van der Waals surface area contributed by atoms with Gasteiger partial charge < -0.3 is 9.38 Å². The predicted octanol–water partition coefficient (Wildman–Crippen LogP) is 0.930. The minimum absolute atomic E-state index is 0.00395. The first-order chi connectivity index (χ1) is 8.47. The Morgan fingerprint density at radius 2 is 2.06 bits per heavy atom. The number of nitrogens with zero attached hydrogens (tertiary/aromatic N) is 2. The van der Waals surface area contributed by atoms with Crippen LogP contribution in [0.25, 0.3) is 10.9 Å². The van der Waals surface area contributed by atoms with Crippen molar-refractivity contribution in [1.29, 1.82) is 0 Å². The SMILES string of the molecule is Bn1c(=O)c(C=O)c(Cl)c2ccc(N(C)C)cc21. The third-order valence-corrected chi connectivity index (χ3v) is 3.39. The van der Waals surface area contributed by atoms with Gasteiger partial charge in [-0.15, -0.1) is 0 Å². The molecule has 18 heavy (non-hydrogen) atoms. The van der Waals surface area contributed by atoms with E-state index in [9.17, 15) is 9.59 Å². The maximum Gasteiger partial charge on any atom is 0.250 e. The molecule has 0 radical (unpaired) electrons. The number of halogens is 1. The summed E-state index contributed by atoms with van der Waals surface area (Å²) in [4.78, 5) is 24.8. The second kappa shape index (κ2) is 4.50. The van der Waals surface area contributed by atoms with E-state index in [-0.39, 0.29) is 16.1 Å². The molecule has 2 rings (SSSR count). The third kappa shape index (κ3) is 1.80. The molecule has 0 bridgehead atoms. The first kappa shape index (κ1) is 12.7. The van der Waals surface area contributed by atoms with Crippen LogP contribution in [0.4, 0.5) is 5.69 Å². The van der Waals surface area contributed by atoms with Crippen LogP contribution in [0.2, 0.25) is 5.02 Å². The minimum atomic E-state index is -0.376. The number of aromatic nitrogens is 1. The summed E-state index contributed by atoms with van der Waals surface area (Å²) in [6.45, 7) is 0. The van der Waals surface area contributed by atoms with Gasteiger partial charge in [-0.2, -0.15) is 0 Å². The zero-order valence-corrected chi connectivity index (χ0v) is 11.2. The number of rotatable bonds is 2. The number of anilines is 1. The van der Waals surface area contributed by atoms with E-state index in [2.05, 4.69) is 0 Å². The number of hydrogen-bond acceptors (Lipinski definition) is 3. The summed E-state index contributed by atoms with van der Waals surface area (Å²) in [6, 6.07) is 5.59. The lowest BCUT2D eigenvalue weighted by atomic mass is 10.1. The summed E-state index contributed by atoms with van der Waals surface area (Å²) in [7, 11) is 5.47. The molecule has 0 atom stereocenters. The summed E-state index contributed by atoms with van der Waals surface area (Å²) in [5, 5.41) is 0.917. The third-order valence-electron chi connectivity index (χ3n) is 2.98. The fraction of sp³-hybridized carbons (Fsp3) is 0.167. The Bertz CT molecular complexity index is 695. The molecular weight excluding hydrogens is 250 g/mol. The Morgan fingerprint density at radius 3 is 2.61 bits per heavy atom. The van der Waals surface area contributed by atoms with E-state index in [4.69, 9.17) is 11.6 Å². The molecule has 0 aliphatic rings. The summed E-state index contributed by atoms with van der Waals surface area (Å²) >= 11 is 6.09. The highest BCUT2D eigenvalue weighted by molar-refractivity contribution is 6.38. The standard InChI is InChI=1S/C12H12BClN2O2/c1-15(2)7-3-4-8-10(5-7)16(13)12(18)9(6-17)11(8)14/h3-6H,13H2,1-2H3. The van der Waals surface area contributed by atoms with Crippen LogP contribution in [0, 0.1) is 0 Å². The van der Waals surface area contributed by atoms with Crippen molar-refractivity contribution in [2.24, 2.45) is 0 Å². The number of carbonyl (C=O) groups is 1. The van der Waals surface area contributed by atoms with E-state index in [1.54, 1.807) is 7.98 Å². The van der Waals surface area contributed by atoms with Gasteiger partial charge in [0.15, 0.2) is 6.29 Å². The summed E-state index contributed by atoms with van der Waals surface area (Å²) in [6.07, 6.45) is 0.504. The Hall–Kier alpha value is -1.75. The number of benzene rings is 1. The van der Waals surface area contributed by atoms with Crippen molar-refractivity contribution in [1.82, 2.24) is 4.48 Å². The number of aldehydes is 1. The zero-order chi connectivity index (χ0) is 13.4. The lowest BCUT2D eigenvalue weighted by Gasteiger charge is -2.15. The van der Waals surface area contributed by atoms with Crippen molar-refractivity contribution < 1.29 is 4.79 Å². The van der Waals surface area contributed by atoms with Crippen LogP contribution < -0.4 is 10.5 Å². The van der Waals surface area contributed by atoms with Gasteiger partial charge in [0.25, 0.3) is 5.56 Å². The van der Waals surface area contributed by atoms with Crippen LogP contribution in [-0.2, 0) is 0 Å². The number of carbonyl (C=O) groups excluding carboxylic acids is 1. The van der Waals surface area contributed by atoms with E-state index < -0.39 is 0 Å². The molecule has 0 unspecified atom stereocenters. The van der Waals surface area contributed by atoms with Crippen molar-refractivity contribution in [3.8, 4) is 0 Å². The molecule has 0 aliphatic heterocycles. The van der Waals surface area contributed by atoms with Gasteiger partial charge in [-0.3, -0.25) is 9.59 Å². The minimum Gasteiger partial charge on any atom is -0.378 e. The van der Waals surface area contributed by atoms with E-state index in [1.165, 1.54) is 4.48 Å². The molecule has 0 aliphatic carbocycles. The monoisotopic (exact) mass is 262 g/mol. The van der Waals surface area contributed by atoms with E-state index in [0.29, 0.717) is 17.2 Å². The fourth-order valence-corrected chi connectivity index (χ4v) is 2.18. The van der Waals surface area contributed by atoms with Gasteiger partial charge in [-0.25, -0.2) is 0 Å². The van der Waals surface area contributed by atoms with Crippen LogP contribution in [-0.4, -0.2) is 32.8 Å². The number of hydrogen-bond donors (Lipinski definition) is 0. The summed E-state index contributed by atoms with van der Waals surface area (Å²) in [5.74, 6) is 0. The van der Waals surface area contributed by atoms with E-state index >= 15 is 0 Å². The highest BCUT2D eigenvalue weighted by Crippen LogP contribution is 2.26. The van der Waals surface area contributed by atoms with Crippen LogP contribution in [0.3, 0.4) is 0 Å². The smallest absolute Gasteiger partial charge is 0.250 e. The number of pyridine rings is 1. The highest BCUT2D eigenvalue weighted by atomic mass is 35.5. The molecule has 92 valence electrons. The van der Waals surface area contributed by atoms with Crippen molar-refractivity contribution >= 4 is 42.5 Å². The Kier molecular flexibility index (Phi) is 3.17. The van der Waals surface area contributed by atoms with Gasteiger partial charge in [0.1, 0.15) is 0 Å². The molecule has 1 aromatic heterocycles. The van der Waals surface area contributed by atoms with Gasteiger partial charge in [-0.1, -0.05) is 11.6 Å². The first-order valence-corrected chi connectivity index (χ1v) is 5.80. The molecule has 0 saturated carbocycles. The summed E-state index contributed by atoms with van der Waals surface area (Å²) < 4.78 is 1.44. The maximum atomic E-state index is 11.9. The van der Waals surface area contributed by atoms with Gasteiger partial charge in [0.2, 0.25) is 7.98 Å².